The number of pyridine rings is 1. The lowest BCUT2D eigenvalue weighted by Crippen LogP contribution is -2.33. The Balaban J connectivity index is 1.73. The first-order valence-corrected chi connectivity index (χ1v) is 6.90. The lowest BCUT2D eigenvalue weighted by Gasteiger charge is -2.17. The van der Waals surface area contributed by atoms with Crippen LogP contribution in [0.1, 0.15) is 5.56 Å². The number of likely N-dealkylation sites (N-methyl/N-ethyl adjacent to an activating group) is 1. The predicted molar refractivity (Wildman–Crippen MR) is 76.2 cm³/mol. The van der Waals surface area contributed by atoms with Gasteiger partial charge in [-0.15, -0.1) is 11.3 Å². The van der Waals surface area contributed by atoms with E-state index >= 15 is 0 Å². The van der Waals surface area contributed by atoms with Crippen molar-refractivity contribution in [3.05, 3.63) is 41.7 Å². The highest BCUT2D eigenvalue weighted by Gasteiger charge is 2.08. The molecule has 5 nitrogen and oxygen atoms in total. The molecule has 0 aromatic carbocycles. The second-order valence-electron chi connectivity index (χ2n) is 4.11. The normalized spacial score (nSPS) is 10.2. The number of anilines is 1. The number of amides is 1. The average Bonchev–Trinajstić information content (AvgIpc) is 2.96. The molecule has 0 atom stereocenters. The molecule has 0 aliphatic carbocycles. The van der Waals surface area contributed by atoms with E-state index in [1.165, 1.54) is 16.9 Å². The Morgan fingerprint density at radius 3 is 2.84 bits per heavy atom. The van der Waals surface area contributed by atoms with Crippen molar-refractivity contribution in [1.82, 2.24) is 14.9 Å². The van der Waals surface area contributed by atoms with Gasteiger partial charge in [-0.2, -0.15) is 0 Å². The average molecular weight is 276 g/mol. The number of hydrogen-bond donors (Lipinski definition) is 1. The van der Waals surface area contributed by atoms with Gasteiger partial charge in [0.2, 0.25) is 5.91 Å². The third kappa shape index (κ3) is 4.33. The van der Waals surface area contributed by atoms with Crippen LogP contribution in [0.15, 0.2) is 36.1 Å². The summed E-state index contributed by atoms with van der Waals surface area (Å²) in [5.74, 6) is 0.0595. The van der Waals surface area contributed by atoms with Crippen molar-refractivity contribution in [3.63, 3.8) is 0 Å². The van der Waals surface area contributed by atoms with Gasteiger partial charge in [0.15, 0.2) is 5.13 Å². The van der Waals surface area contributed by atoms with E-state index in [1.54, 1.807) is 23.5 Å². The zero-order valence-electron chi connectivity index (χ0n) is 10.7. The van der Waals surface area contributed by atoms with Crippen molar-refractivity contribution >= 4 is 22.4 Å². The Bertz CT molecular complexity index is 501. The molecule has 1 amide bonds. The third-order valence-electron chi connectivity index (χ3n) is 2.73. The zero-order valence-corrected chi connectivity index (χ0v) is 11.6. The molecule has 0 aliphatic rings. The first kappa shape index (κ1) is 13.5. The summed E-state index contributed by atoms with van der Waals surface area (Å²) in [6.45, 7) is 0.975. The van der Waals surface area contributed by atoms with E-state index in [0.29, 0.717) is 6.54 Å². The molecular weight excluding hydrogens is 260 g/mol. The minimum Gasteiger partial charge on any atom is -0.352 e. The molecule has 0 unspecified atom stereocenters. The van der Waals surface area contributed by atoms with Crippen LogP contribution >= 0.6 is 11.3 Å². The molecule has 100 valence electrons. The number of carbonyl (C=O) groups is 1. The van der Waals surface area contributed by atoms with E-state index in [9.17, 15) is 4.79 Å². The lowest BCUT2D eigenvalue weighted by atomic mass is 10.2. The zero-order chi connectivity index (χ0) is 13.5. The Kier molecular flexibility index (Phi) is 4.85. The monoisotopic (exact) mass is 276 g/mol. The number of thiazole rings is 1. The molecule has 0 saturated carbocycles. The topological polar surface area (TPSA) is 58.1 Å². The van der Waals surface area contributed by atoms with Gasteiger partial charge < -0.3 is 10.2 Å². The van der Waals surface area contributed by atoms with E-state index in [2.05, 4.69) is 15.3 Å². The predicted octanol–water partition coefficient (Wildman–Crippen LogP) is 1.65. The summed E-state index contributed by atoms with van der Waals surface area (Å²) in [5.41, 5.74) is 1.18. The van der Waals surface area contributed by atoms with Crippen molar-refractivity contribution < 1.29 is 4.79 Å². The second-order valence-corrected chi connectivity index (χ2v) is 5.01. The summed E-state index contributed by atoms with van der Waals surface area (Å²) >= 11 is 1.49. The van der Waals surface area contributed by atoms with E-state index in [0.717, 1.165) is 11.6 Å². The minimum absolute atomic E-state index is 0.0595. The number of carbonyl (C=O) groups excluding carboxylic acids is 1. The quantitative estimate of drug-likeness (QED) is 0.871. The Labute approximate surface area is 116 Å². The highest BCUT2D eigenvalue weighted by Crippen LogP contribution is 2.09. The molecule has 2 rings (SSSR count). The number of hydrogen-bond acceptors (Lipinski definition) is 5. The summed E-state index contributed by atoms with van der Waals surface area (Å²) in [7, 11) is 1.81. The van der Waals surface area contributed by atoms with E-state index < -0.39 is 0 Å². The van der Waals surface area contributed by atoms with Gasteiger partial charge in [-0.25, -0.2) is 4.98 Å². The molecular formula is C13H16N4OS. The fourth-order valence-electron chi connectivity index (χ4n) is 1.57. The van der Waals surface area contributed by atoms with Gasteiger partial charge in [-0.05, 0) is 24.1 Å². The molecule has 2 aromatic rings. The van der Waals surface area contributed by atoms with Gasteiger partial charge in [-0.1, -0.05) is 0 Å². The number of nitrogens with zero attached hydrogens (tertiary/aromatic N) is 3. The molecule has 0 fully saturated rings. The maximum Gasteiger partial charge on any atom is 0.241 e. The van der Waals surface area contributed by atoms with Gasteiger partial charge in [-0.3, -0.25) is 9.78 Å². The first-order valence-electron chi connectivity index (χ1n) is 6.02. The molecule has 6 heteroatoms. The largest absolute Gasteiger partial charge is 0.352 e. The van der Waals surface area contributed by atoms with Crippen LogP contribution in [-0.2, 0) is 11.2 Å². The molecule has 0 bridgehead atoms. The fourth-order valence-corrected chi connectivity index (χ4v) is 2.10. The number of nitrogens with one attached hydrogen (secondary N) is 1. The first-order chi connectivity index (χ1) is 9.25. The van der Waals surface area contributed by atoms with Crippen molar-refractivity contribution in [3.8, 4) is 0 Å². The molecule has 19 heavy (non-hydrogen) atoms. The SMILES string of the molecule is CN(CCc1ccncc1)C(=O)CNc1nccs1. The van der Waals surface area contributed by atoms with Crippen LogP contribution in [0, 0.1) is 0 Å². The summed E-state index contributed by atoms with van der Waals surface area (Å²) in [6.07, 6.45) is 6.08. The van der Waals surface area contributed by atoms with Gasteiger partial charge in [0.1, 0.15) is 0 Å². The lowest BCUT2D eigenvalue weighted by molar-refractivity contribution is -0.127. The van der Waals surface area contributed by atoms with Crippen molar-refractivity contribution in [2.45, 2.75) is 6.42 Å². The van der Waals surface area contributed by atoms with Crippen LogP contribution < -0.4 is 5.32 Å². The molecule has 0 radical (unpaired) electrons. The van der Waals surface area contributed by atoms with E-state index in [4.69, 9.17) is 0 Å². The van der Waals surface area contributed by atoms with Crippen molar-refractivity contribution in [2.75, 3.05) is 25.5 Å². The number of aromatic nitrogens is 2. The van der Waals surface area contributed by atoms with Gasteiger partial charge in [0, 0.05) is 37.6 Å². The Morgan fingerprint density at radius 1 is 1.37 bits per heavy atom. The van der Waals surface area contributed by atoms with Gasteiger partial charge in [0.25, 0.3) is 0 Å². The molecule has 2 aromatic heterocycles. The summed E-state index contributed by atoms with van der Waals surface area (Å²) in [5, 5.41) is 5.66. The minimum atomic E-state index is 0.0595. The second kappa shape index (κ2) is 6.84. The van der Waals surface area contributed by atoms with Gasteiger partial charge >= 0.3 is 0 Å². The summed E-state index contributed by atoms with van der Waals surface area (Å²) in [4.78, 5) is 21.7. The summed E-state index contributed by atoms with van der Waals surface area (Å²) < 4.78 is 0. The Hall–Kier alpha value is -1.95. The van der Waals surface area contributed by atoms with Crippen LogP contribution in [-0.4, -0.2) is 40.9 Å². The van der Waals surface area contributed by atoms with E-state index in [1.807, 2.05) is 24.6 Å². The van der Waals surface area contributed by atoms with Crippen LogP contribution in [0.4, 0.5) is 5.13 Å². The fraction of sp³-hybridized carbons (Fsp3) is 0.308. The summed E-state index contributed by atoms with van der Waals surface area (Å²) in [6, 6.07) is 3.93. The maximum absolute atomic E-state index is 11.9. The van der Waals surface area contributed by atoms with Crippen LogP contribution in [0.2, 0.25) is 0 Å². The molecule has 0 saturated heterocycles. The highest BCUT2D eigenvalue weighted by atomic mass is 32.1. The van der Waals surface area contributed by atoms with Gasteiger partial charge in [0.05, 0.1) is 6.54 Å². The van der Waals surface area contributed by atoms with Crippen LogP contribution in [0.3, 0.4) is 0 Å². The smallest absolute Gasteiger partial charge is 0.241 e. The van der Waals surface area contributed by atoms with E-state index in [-0.39, 0.29) is 12.5 Å². The third-order valence-corrected chi connectivity index (χ3v) is 3.46. The maximum atomic E-state index is 11.9. The molecule has 0 spiro atoms. The van der Waals surface area contributed by atoms with Crippen molar-refractivity contribution in [2.24, 2.45) is 0 Å². The Morgan fingerprint density at radius 2 is 2.16 bits per heavy atom. The highest BCUT2D eigenvalue weighted by molar-refractivity contribution is 7.13. The molecule has 1 N–H and O–H groups in total. The standard InChI is InChI=1S/C13H16N4OS/c1-17(8-4-11-2-5-14-6-3-11)12(18)10-16-13-15-7-9-19-13/h2-3,5-7,9H,4,8,10H2,1H3,(H,15,16). The van der Waals surface area contributed by atoms with Crippen LogP contribution in [0.25, 0.3) is 0 Å². The molecule has 0 aliphatic heterocycles. The molecule has 2 heterocycles. The van der Waals surface area contributed by atoms with Crippen LogP contribution in [0.5, 0.6) is 0 Å². The van der Waals surface area contributed by atoms with Crippen molar-refractivity contribution in [1.29, 1.82) is 0 Å². The number of rotatable bonds is 6.